The van der Waals surface area contributed by atoms with E-state index in [1.807, 2.05) is 0 Å². The summed E-state index contributed by atoms with van der Waals surface area (Å²) in [5, 5.41) is 6.61. The van der Waals surface area contributed by atoms with Crippen LogP contribution in [0.25, 0.3) is 0 Å². The zero-order valence-electron chi connectivity index (χ0n) is 13.7. The average Bonchev–Trinajstić information content (AvgIpc) is 2.85. The summed E-state index contributed by atoms with van der Waals surface area (Å²) in [4.78, 5) is 12.4. The smallest absolute Gasteiger partial charge is 0.353 e. The fraction of sp³-hybridized carbons (Fsp3) is 0.611. The predicted molar refractivity (Wildman–Crippen MR) is 85.4 cm³/mol. The third kappa shape index (κ3) is 4.09. The second-order valence-corrected chi connectivity index (χ2v) is 7.12. The first-order valence-electron chi connectivity index (χ1n) is 8.54. The first-order valence-corrected chi connectivity index (χ1v) is 8.54. The van der Waals surface area contributed by atoms with E-state index in [9.17, 15) is 18.0 Å². The molecule has 6 heteroatoms. The van der Waals surface area contributed by atoms with Crippen LogP contribution < -0.4 is 10.6 Å². The summed E-state index contributed by atoms with van der Waals surface area (Å²) >= 11 is 0. The number of alkyl halides is 3. The van der Waals surface area contributed by atoms with Gasteiger partial charge in [-0.15, -0.1) is 0 Å². The lowest BCUT2D eigenvalue weighted by atomic mass is 9.96. The molecule has 3 rings (SSSR count). The first-order chi connectivity index (χ1) is 11.3. The molecule has 3 atom stereocenters. The number of hydrogen-bond acceptors (Lipinski definition) is 2. The summed E-state index contributed by atoms with van der Waals surface area (Å²) in [5.74, 6) is -0.417. The number of carbonyl (C=O) groups excluding carboxylic acids is 1. The van der Waals surface area contributed by atoms with E-state index in [-0.39, 0.29) is 17.9 Å². The van der Waals surface area contributed by atoms with Crippen LogP contribution in [0.2, 0.25) is 0 Å². The highest BCUT2D eigenvalue weighted by Crippen LogP contribution is 2.30. The number of halogens is 3. The van der Waals surface area contributed by atoms with E-state index >= 15 is 0 Å². The van der Waals surface area contributed by atoms with Crippen molar-refractivity contribution in [3.63, 3.8) is 0 Å². The lowest BCUT2D eigenvalue weighted by Crippen LogP contribution is -2.49. The highest BCUT2D eigenvalue weighted by atomic mass is 19.4. The monoisotopic (exact) mass is 340 g/mol. The standard InChI is InChI=1S/C18H23F3N2O/c1-11(7-12-3-2-4-13(8-12)18(19,20)21)17(24)23-16-9-14-5-6-15(10-16)22-14/h2-4,8,11,14-16,22H,5-7,9-10H2,1H3,(H,23,24). The van der Waals surface area contributed by atoms with Gasteiger partial charge in [-0.25, -0.2) is 0 Å². The molecule has 2 fully saturated rings. The average molecular weight is 340 g/mol. The molecule has 2 aliphatic heterocycles. The third-order valence-electron chi connectivity index (χ3n) is 5.06. The van der Waals surface area contributed by atoms with E-state index in [1.54, 1.807) is 13.0 Å². The highest BCUT2D eigenvalue weighted by Gasteiger charge is 2.34. The SMILES string of the molecule is CC(Cc1cccc(C(F)(F)F)c1)C(=O)NC1CC2CCC(C1)N2. The minimum absolute atomic E-state index is 0.0706. The molecular weight excluding hydrogens is 317 g/mol. The van der Waals surface area contributed by atoms with Crippen molar-refractivity contribution in [3.05, 3.63) is 35.4 Å². The van der Waals surface area contributed by atoms with Crippen molar-refractivity contribution in [2.75, 3.05) is 0 Å². The molecule has 2 bridgehead atoms. The van der Waals surface area contributed by atoms with E-state index in [1.165, 1.54) is 6.07 Å². The normalized spacial score (nSPS) is 27.8. The molecule has 24 heavy (non-hydrogen) atoms. The molecule has 0 saturated carbocycles. The van der Waals surface area contributed by atoms with Gasteiger partial charge in [-0.3, -0.25) is 4.79 Å². The molecule has 3 nitrogen and oxygen atoms in total. The van der Waals surface area contributed by atoms with Crippen LogP contribution in [0.1, 0.15) is 43.7 Å². The van der Waals surface area contributed by atoms with Gasteiger partial charge in [-0.05, 0) is 43.7 Å². The van der Waals surface area contributed by atoms with Crippen LogP contribution in [0, 0.1) is 5.92 Å². The maximum absolute atomic E-state index is 12.8. The number of rotatable bonds is 4. The Morgan fingerprint density at radius 1 is 1.29 bits per heavy atom. The van der Waals surface area contributed by atoms with Crippen molar-refractivity contribution in [1.82, 2.24) is 10.6 Å². The van der Waals surface area contributed by atoms with Gasteiger partial charge in [0.1, 0.15) is 0 Å². The summed E-state index contributed by atoms with van der Waals surface area (Å²) < 4.78 is 38.3. The fourth-order valence-electron chi connectivity index (χ4n) is 3.84. The van der Waals surface area contributed by atoms with Gasteiger partial charge in [0.2, 0.25) is 5.91 Å². The number of nitrogens with one attached hydrogen (secondary N) is 2. The minimum Gasteiger partial charge on any atom is -0.353 e. The lowest BCUT2D eigenvalue weighted by Gasteiger charge is -2.30. The molecule has 2 N–H and O–H groups in total. The van der Waals surface area contributed by atoms with Crippen molar-refractivity contribution >= 4 is 5.91 Å². The van der Waals surface area contributed by atoms with E-state index in [0.29, 0.717) is 24.1 Å². The Balaban J connectivity index is 1.56. The van der Waals surface area contributed by atoms with Crippen LogP contribution in [0.3, 0.4) is 0 Å². The van der Waals surface area contributed by atoms with Crippen molar-refractivity contribution in [2.24, 2.45) is 5.92 Å². The maximum atomic E-state index is 12.8. The number of fused-ring (bicyclic) bond motifs is 2. The number of amides is 1. The predicted octanol–water partition coefficient (Wildman–Crippen LogP) is 3.28. The molecule has 2 aliphatic rings. The van der Waals surface area contributed by atoms with Crippen molar-refractivity contribution < 1.29 is 18.0 Å². The number of benzene rings is 1. The van der Waals surface area contributed by atoms with Gasteiger partial charge < -0.3 is 10.6 Å². The zero-order chi connectivity index (χ0) is 17.3. The van der Waals surface area contributed by atoms with Crippen molar-refractivity contribution in [1.29, 1.82) is 0 Å². The Hall–Kier alpha value is -1.56. The first kappa shape index (κ1) is 17.3. The van der Waals surface area contributed by atoms with Crippen LogP contribution in [0.4, 0.5) is 13.2 Å². The molecule has 0 radical (unpaired) electrons. The van der Waals surface area contributed by atoms with E-state index < -0.39 is 11.7 Å². The van der Waals surface area contributed by atoms with E-state index in [2.05, 4.69) is 10.6 Å². The second-order valence-electron chi connectivity index (χ2n) is 7.12. The number of carbonyl (C=O) groups is 1. The summed E-state index contributed by atoms with van der Waals surface area (Å²) in [6, 6.07) is 6.39. The molecule has 132 valence electrons. The van der Waals surface area contributed by atoms with E-state index in [0.717, 1.165) is 37.8 Å². The Labute approximate surface area is 140 Å². The molecule has 0 spiro atoms. The van der Waals surface area contributed by atoms with Gasteiger partial charge in [0, 0.05) is 24.0 Å². The molecule has 3 unspecified atom stereocenters. The fourth-order valence-corrected chi connectivity index (χ4v) is 3.84. The maximum Gasteiger partial charge on any atom is 0.416 e. The Morgan fingerprint density at radius 2 is 1.96 bits per heavy atom. The minimum atomic E-state index is -4.35. The van der Waals surface area contributed by atoms with Crippen LogP contribution in [-0.2, 0) is 17.4 Å². The summed E-state index contributed by atoms with van der Waals surface area (Å²) in [6.07, 6.45) is 0.175. The quantitative estimate of drug-likeness (QED) is 0.883. The van der Waals surface area contributed by atoms with Gasteiger partial charge in [0.25, 0.3) is 0 Å². The van der Waals surface area contributed by atoms with Gasteiger partial charge in [-0.2, -0.15) is 13.2 Å². The van der Waals surface area contributed by atoms with Crippen LogP contribution in [-0.4, -0.2) is 24.0 Å². The van der Waals surface area contributed by atoms with Crippen molar-refractivity contribution in [3.8, 4) is 0 Å². The van der Waals surface area contributed by atoms with Crippen LogP contribution >= 0.6 is 0 Å². The molecule has 1 aromatic carbocycles. The van der Waals surface area contributed by atoms with E-state index in [4.69, 9.17) is 0 Å². The third-order valence-corrected chi connectivity index (χ3v) is 5.06. The summed E-state index contributed by atoms with van der Waals surface area (Å²) in [5.41, 5.74) is -0.125. The van der Waals surface area contributed by atoms with Crippen LogP contribution in [0.5, 0.6) is 0 Å². The Bertz CT molecular complexity index is 590. The van der Waals surface area contributed by atoms with Gasteiger partial charge in [0.05, 0.1) is 5.56 Å². The lowest BCUT2D eigenvalue weighted by molar-refractivity contribution is -0.137. The second kappa shape index (κ2) is 6.75. The van der Waals surface area contributed by atoms with Crippen LogP contribution in [0.15, 0.2) is 24.3 Å². The molecule has 2 heterocycles. The number of piperidine rings is 1. The molecule has 1 aromatic rings. The zero-order valence-corrected chi connectivity index (χ0v) is 13.7. The molecule has 2 saturated heterocycles. The molecule has 1 amide bonds. The van der Waals surface area contributed by atoms with Gasteiger partial charge >= 0.3 is 6.18 Å². The Morgan fingerprint density at radius 3 is 2.58 bits per heavy atom. The molecule has 0 aromatic heterocycles. The van der Waals surface area contributed by atoms with Gasteiger partial charge in [0.15, 0.2) is 0 Å². The number of hydrogen-bond donors (Lipinski definition) is 2. The summed E-state index contributed by atoms with van der Waals surface area (Å²) in [7, 11) is 0. The highest BCUT2D eigenvalue weighted by molar-refractivity contribution is 5.79. The summed E-state index contributed by atoms with van der Waals surface area (Å²) in [6.45, 7) is 1.77. The molecule has 0 aliphatic carbocycles. The molecular formula is C18H23F3N2O. The largest absolute Gasteiger partial charge is 0.416 e. The van der Waals surface area contributed by atoms with Crippen molar-refractivity contribution in [2.45, 2.75) is 63.3 Å². The topological polar surface area (TPSA) is 41.1 Å². The van der Waals surface area contributed by atoms with Gasteiger partial charge in [-0.1, -0.05) is 25.1 Å². The Kier molecular flexibility index (Phi) is 4.85.